The van der Waals surface area contributed by atoms with Gasteiger partial charge in [0.1, 0.15) is 11.9 Å². The zero-order valence-corrected chi connectivity index (χ0v) is 17.9. The van der Waals surface area contributed by atoms with E-state index in [0.29, 0.717) is 0 Å². The van der Waals surface area contributed by atoms with Crippen LogP contribution in [0.4, 0.5) is 4.39 Å². The largest absolute Gasteiger partial charge is 0.352 e. The van der Waals surface area contributed by atoms with E-state index in [-0.39, 0.29) is 36.6 Å². The van der Waals surface area contributed by atoms with E-state index in [9.17, 15) is 14.0 Å². The van der Waals surface area contributed by atoms with Crippen molar-refractivity contribution in [3.63, 3.8) is 0 Å². The van der Waals surface area contributed by atoms with Crippen LogP contribution in [0.15, 0.2) is 48.5 Å². The van der Waals surface area contributed by atoms with Crippen molar-refractivity contribution in [1.29, 1.82) is 0 Å². The molecule has 0 aliphatic heterocycles. The van der Waals surface area contributed by atoms with E-state index in [1.54, 1.807) is 24.0 Å². The summed E-state index contributed by atoms with van der Waals surface area (Å²) in [5.74, 6) is -0.560. The van der Waals surface area contributed by atoms with Gasteiger partial charge in [-0.05, 0) is 49.9 Å². The molecule has 30 heavy (non-hydrogen) atoms. The smallest absolute Gasteiger partial charge is 0.242 e. The first-order chi connectivity index (χ1) is 14.4. The second-order valence-electron chi connectivity index (χ2n) is 8.33. The summed E-state index contributed by atoms with van der Waals surface area (Å²) in [7, 11) is 0. The molecule has 0 radical (unpaired) electrons. The number of nitrogens with one attached hydrogen (secondary N) is 1. The molecule has 1 saturated carbocycles. The van der Waals surface area contributed by atoms with Crippen molar-refractivity contribution in [2.75, 3.05) is 0 Å². The lowest BCUT2D eigenvalue weighted by molar-refractivity contribution is -0.140. The maximum Gasteiger partial charge on any atom is 0.242 e. The summed E-state index contributed by atoms with van der Waals surface area (Å²) in [6.07, 6.45) is 5.69. The van der Waals surface area contributed by atoms with Gasteiger partial charge in [-0.1, -0.05) is 61.2 Å². The Hall–Kier alpha value is -2.69. The van der Waals surface area contributed by atoms with E-state index >= 15 is 0 Å². The summed E-state index contributed by atoms with van der Waals surface area (Å²) in [6, 6.07) is 13.5. The lowest BCUT2D eigenvalue weighted by atomic mass is 9.95. The van der Waals surface area contributed by atoms with Crippen molar-refractivity contribution in [3.8, 4) is 0 Å². The fraction of sp³-hybridized carbons (Fsp3) is 0.440. The Morgan fingerprint density at radius 3 is 2.23 bits per heavy atom. The second-order valence-corrected chi connectivity index (χ2v) is 8.33. The number of halogens is 1. The highest BCUT2D eigenvalue weighted by molar-refractivity contribution is 5.88. The van der Waals surface area contributed by atoms with Gasteiger partial charge < -0.3 is 10.2 Å². The third-order valence-electron chi connectivity index (χ3n) is 5.86. The highest BCUT2D eigenvalue weighted by Gasteiger charge is 2.28. The van der Waals surface area contributed by atoms with Crippen molar-refractivity contribution in [2.45, 2.75) is 71.0 Å². The van der Waals surface area contributed by atoms with Gasteiger partial charge in [0.2, 0.25) is 11.8 Å². The lowest BCUT2D eigenvalue weighted by Gasteiger charge is -2.31. The topological polar surface area (TPSA) is 49.4 Å². The normalized spacial score (nSPS) is 15.4. The Labute approximate surface area is 178 Å². The van der Waals surface area contributed by atoms with E-state index in [1.165, 1.54) is 18.6 Å². The summed E-state index contributed by atoms with van der Waals surface area (Å²) in [5.41, 5.74) is 2.84. The predicted molar refractivity (Wildman–Crippen MR) is 116 cm³/mol. The summed E-state index contributed by atoms with van der Waals surface area (Å²) in [4.78, 5) is 27.7. The van der Waals surface area contributed by atoms with Crippen molar-refractivity contribution in [2.24, 2.45) is 0 Å². The van der Waals surface area contributed by atoms with Gasteiger partial charge in [0, 0.05) is 12.6 Å². The zero-order chi connectivity index (χ0) is 21.5. The average molecular weight is 411 g/mol. The Morgan fingerprint density at radius 1 is 1.00 bits per heavy atom. The zero-order valence-electron chi connectivity index (χ0n) is 17.9. The van der Waals surface area contributed by atoms with Crippen LogP contribution in [0.3, 0.4) is 0 Å². The number of aryl methyl sites for hydroxylation is 1. The van der Waals surface area contributed by atoms with Gasteiger partial charge in [-0.2, -0.15) is 0 Å². The molecule has 1 aliphatic carbocycles. The third kappa shape index (κ3) is 6.15. The van der Waals surface area contributed by atoms with Gasteiger partial charge in [0.15, 0.2) is 0 Å². The van der Waals surface area contributed by atoms with Crippen LogP contribution in [0.5, 0.6) is 0 Å². The number of rotatable bonds is 7. The molecular weight excluding hydrogens is 379 g/mol. The Balaban J connectivity index is 1.74. The van der Waals surface area contributed by atoms with Gasteiger partial charge in [-0.3, -0.25) is 9.59 Å². The monoisotopic (exact) mass is 410 g/mol. The van der Waals surface area contributed by atoms with E-state index in [2.05, 4.69) is 5.32 Å². The molecule has 0 aromatic heterocycles. The molecule has 0 spiro atoms. The first-order valence-electron chi connectivity index (χ1n) is 10.8. The van der Waals surface area contributed by atoms with Crippen LogP contribution < -0.4 is 5.32 Å². The van der Waals surface area contributed by atoms with Gasteiger partial charge in [0.25, 0.3) is 0 Å². The van der Waals surface area contributed by atoms with Crippen molar-refractivity contribution >= 4 is 11.8 Å². The second kappa shape index (κ2) is 10.4. The average Bonchev–Trinajstić information content (AvgIpc) is 2.75. The minimum atomic E-state index is -0.602. The molecular formula is C25H31FN2O2. The summed E-state index contributed by atoms with van der Waals surface area (Å²) < 4.78 is 13.3. The Kier molecular flexibility index (Phi) is 7.61. The Bertz CT molecular complexity index is 842. The quantitative estimate of drug-likeness (QED) is 0.728. The number of hydrogen-bond donors (Lipinski definition) is 1. The fourth-order valence-corrected chi connectivity index (χ4v) is 3.92. The Morgan fingerprint density at radius 2 is 1.60 bits per heavy atom. The van der Waals surface area contributed by atoms with Crippen LogP contribution in [0.25, 0.3) is 0 Å². The van der Waals surface area contributed by atoms with Crippen molar-refractivity contribution in [3.05, 3.63) is 71.0 Å². The third-order valence-corrected chi connectivity index (χ3v) is 5.86. The minimum Gasteiger partial charge on any atom is -0.352 e. The number of benzene rings is 2. The molecule has 2 aromatic carbocycles. The molecule has 160 valence electrons. The fourth-order valence-electron chi connectivity index (χ4n) is 3.92. The van der Waals surface area contributed by atoms with Crippen molar-refractivity contribution in [1.82, 2.24) is 10.2 Å². The first kappa shape index (κ1) is 22.0. The molecule has 4 nitrogen and oxygen atoms in total. The molecule has 3 rings (SSSR count). The molecule has 2 amide bonds. The molecule has 0 heterocycles. The van der Waals surface area contributed by atoms with Crippen LogP contribution in [-0.4, -0.2) is 28.8 Å². The van der Waals surface area contributed by atoms with Crippen LogP contribution in [0, 0.1) is 12.7 Å². The highest BCUT2D eigenvalue weighted by Crippen LogP contribution is 2.19. The van der Waals surface area contributed by atoms with Crippen LogP contribution in [0.1, 0.15) is 55.7 Å². The molecule has 0 bridgehead atoms. The maximum atomic E-state index is 13.3. The summed E-state index contributed by atoms with van der Waals surface area (Å²) in [6.45, 7) is 4.04. The minimum absolute atomic E-state index is 0.116. The molecule has 5 heteroatoms. The molecule has 1 aliphatic rings. The molecule has 0 saturated heterocycles. The first-order valence-corrected chi connectivity index (χ1v) is 10.8. The lowest BCUT2D eigenvalue weighted by Crippen LogP contribution is -2.50. The number of hydrogen-bond acceptors (Lipinski definition) is 2. The van der Waals surface area contributed by atoms with Crippen molar-refractivity contribution < 1.29 is 14.0 Å². The van der Waals surface area contributed by atoms with Gasteiger partial charge in [0.05, 0.1) is 6.42 Å². The number of carbonyl (C=O) groups is 2. The van der Waals surface area contributed by atoms with Gasteiger partial charge >= 0.3 is 0 Å². The summed E-state index contributed by atoms with van der Waals surface area (Å²) >= 11 is 0. The molecule has 1 fully saturated rings. The van der Waals surface area contributed by atoms with E-state index < -0.39 is 6.04 Å². The number of nitrogens with zero attached hydrogens (tertiary/aromatic N) is 1. The molecule has 0 unspecified atom stereocenters. The molecule has 2 aromatic rings. The SMILES string of the molecule is Cc1ccc(CC(=O)N(Cc2ccc(F)cc2)[C@@H](C)C(=O)NC2CCCCC2)cc1. The van der Waals surface area contributed by atoms with Gasteiger partial charge in [-0.15, -0.1) is 0 Å². The standard InChI is InChI=1S/C25H31FN2O2/c1-18-8-10-20(11-9-18)16-24(29)28(17-21-12-14-22(26)15-13-21)19(2)25(30)27-23-6-4-3-5-7-23/h8-15,19,23H,3-7,16-17H2,1-2H3,(H,27,30)/t19-/m0/s1. The predicted octanol–water partition coefficient (Wildman–Crippen LogP) is 4.54. The number of carbonyl (C=O) groups excluding carboxylic acids is 2. The number of amides is 2. The molecule has 1 atom stereocenters. The van der Waals surface area contributed by atoms with E-state index in [0.717, 1.165) is 42.4 Å². The highest BCUT2D eigenvalue weighted by atomic mass is 19.1. The van der Waals surface area contributed by atoms with Crippen LogP contribution >= 0.6 is 0 Å². The summed E-state index contributed by atoms with van der Waals surface area (Å²) in [5, 5.41) is 3.13. The van der Waals surface area contributed by atoms with Gasteiger partial charge in [-0.25, -0.2) is 4.39 Å². The van der Waals surface area contributed by atoms with E-state index in [4.69, 9.17) is 0 Å². The van der Waals surface area contributed by atoms with Crippen LogP contribution in [-0.2, 0) is 22.6 Å². The maximum absolute atomic E-state index is 13.3. The van der Waals surface area contributed by atoms with Crippen LogP contribution in [0.2, 0.25) is 0 Å². The van der Waals surface area contributed by atoms with E-state index in [1.807, 2.05) is 31.2 Å². The molecule has 1 N–H and O–H groups in total.